The van der Waals surface area contributed by atoms with Crippen LogP contribution in [-0.4, -0.2) is 26.4 Å². The monoisotopic (exact) mass is 397 g/mol. The highest BCUT2D eigenvalue weighted by Gasteiger charge is 2.19. The molecular weight excluding hydrogens is 378 g/mol. The van der Waals surface area contributed by atoms with E-state index < -0.39 is 15.9 Å². The Morgan fingerprint density at radius 1 is 1.00 bits per heavy atom. The van der Waals surface area contributed by atoms with Gasteiger partial charge in [0, 0.05) is 6.20 Å². The van der Waals surface area contributed by atoms with E-state index in [2.05, 4.69) is 15.0 Å². The zero-order valence-electron chi connectivity index (χ0n) is 15.3. The van der Waals surface area contributed by atoms with E-state index in [1.807, 2.05) is 13.0 Å². The highest BCUT2D eigenvalue weighted by Crippen LogP contribution is 2.22. The van der Waals surface area contributed by atoms with Crippen LogP contribution in [0.1, 0.15) is 15.9 Å². The molecule has 0 aliphatic carbocycles. The minimum Gasteiger partial charge on any atom is -0.497 e. The third-order valence-corrected chi connectivity index (χ3v) is 5.32. The van der Waals surface area contributed by atoms with Gasteiger partial charge >= 0.3 is 0 Å². The maximum Gasteiger partial charge on any atom is 0.261 e. The Morgan fingerprint density at radius 2 is 1.71 bits per heavy atom. The van der Waals surface area contributed by atoms with Gasteiger partial charge in [-0.15, -0.1) is 0 Å². The summed E-state index contributed by atoms with van der Waals surface area (Å²) in [6, 6.07) is 15.8. The van der Waals surface area contributed by atoms with E-state index in [9.17, 15) is 13.2 Å². The normalized spacial score (nSPS) is 10.9. The number of carbonyl (C=O) groups is 1. The molecule has 2 N–H and O–H groups in total. The molecule has 0 aliphatic rings. The zero-order valence-corrected chi connectivity index (χ0v) is 16.2. The van der Waals surface area contributed by atoms with Crippen LogP contribution in [0.5, 0.6) is 5.75 Å². The van der Waals surface area contributed by atoms with E-state index in [0.29, 0.717) is 11.6 Å². The van der Waals surface area contributed by atoms with Crippen LogP contribution in [0.3, 0.4) is 0 Å². The van der Waals surface area contributed by atoms with E-state index in [1.54, 1.807) is 36.5 Å². The molecule has 0 aliphatic heterocycles. The van der Waals surface area contributed by atoms with Crippen LogP contribution in [0.2, 0.25) is 0 Å². The molecule has 28 heavy (non-hydrogen) atoms. The summed E-state index contributed by atoms with van der Waals surface area (Å²) in [6.07, 6.45) is 1.63. The van der Waals surface area contributed by atoms with Gasteiger partial charge in [-0.1, -0.05) is 18.2 Å². The fraction of sp³-hybridized carbons (Fsp3) is 0.100. The van der Waals surface area contributed by atoms with Gasteiger partial charge in [0.25, 0.3) is 15.9 Å². The van der Waals surface area contributed by atoms with Crippen molar-refractivity contribution in [3.8, 4) is 5.75 Å². The lowest BCUT2D eigenvalue weighted by Crippen LogP contribution is -2.19. The van der Waals surface area contributed by atoms with Crippen molar-refractivity contribution in [1.82, 2.24) is 4.98 Å². The Morgan fingerprint density at radius 3 is 2.36 bits per heavy atom. The second kappa shape index (κ2) is 8.10. The van der Waals surface area contributed by atoms with Gasteiger partial charge in [-0.25, -0.2) is 13.4 Å². The number of carbonyl (C=O) groups excluding carboxylic acids is 1. The first-order valence-electron chi connectivity index (χ1n) is 8.39. The number of aryl methyl sites for hydroxylation is 1. The third kappa shape index (κ3) is 4.47. The Kier molecular flexibility index (Phi) is 5.60. The molecular formula is C20H19N3O4S. The lowest BCUT2D eigenvalue weighted by atomic mass is 10.1. The average Bonchev–Trinajstić information content (AvgIpc) is 2.70. The quantitative estimate of drug-likeness (QED) is 0.664. The van der Waals surface area contributed by atoms with Gasteiger partial charge in [0.05, 0.1) is 23.3 Å². The first kappa shape index (κ1) is 19.4. The van der Waals surface area contributed by atoms with Gasteiger partial charge in [0.1, 0.15) is 11.6 Å². The minimum absolute atomic E-state index is 0.0590. The summed E-state index contributed by atoms with van der Waals surface area (Å²) >= 11 is 0. The Hall–Kier alpha value is -3.39. The number of benzene rings is 2. The SMILES string of the molecule is COc1ccc(S(=O)(=O)Nc2ccccc2C(=O)Nc2ccc(C)cn2)cc1. The number of amides is 1. The number of hydrogen-bond donors (Lipinski definition) is 2. The molecule has 3 aromatic rings. The summed E-state index contributed by atoms with van der Waals surface area (Å²) in [5.74, 6) is 0.456. The van der Waals surface area contributed by atoms with Gasteiger partial charge in [0.2, 0.25) is 0 Å². The fourth-order valence-corrected chi connectivity index (χ4v) is 3.53. The second-order valence-corrected chi connectivity index (χ2v) is 7.68. The summed E-state index contributed by atoms with van der Waals surface area (Å²) in [6.45, 7) is 1.89. The van der Waals surface area contributed by atoms with Crippen LogP contribution in [0.25, 0.3) is 0 Å². The van der Waals surface area contributed by atoms with Crippen molar-refractivity contribution in [3.05, 3.63) is 78.0 Å². The fourth-order valence-electron chi connectivity index (χ4n) is 2.45. The van der Waals surface area contributed by atoms with Crippen LogP contribution in [0, 0.1) is 6.92 Å². The Labute approximate surface area is 163 Å². The Bertz CT molecular complexity index is 1080. The molecule has 0 saturated carbocycles. The standard InChI is InChI=1S/C20H19N3O4S/c1-14-7-12-19(21-13-14)22-20(24)17-5-3-4-6-18(17)23-28(25,26)16-10-8-15(27-2)9-11-16/h3-13,23H,1-2H3,(H,21,22,24). The Balaban J connectivity index is 1.84. The van der Waals surface area contributed by atoms with Crippen molar-refractivity contribution >= 4 is 27.4 Å². The van der Waals surface area contributed by atoms with Crippen LogP contribution >= 0.6 is 0 Å². The summed E-state index contributed by atoms with van der Waals surface area (Å²) in [5.41, 5.74) is 1.32. The molecule has 1 aromatic heterocycles. The zero-order chi connectivity index (χ0) is 20.1. The van der Waals surface area contributed by atoms with Crippen molar-refractivity contribution in [2.45, 2.75) is 11.8 Å². The van der Waals surface area contributed by atoms with Crippen LogP contribution < -0.4 is 14.8 Å². The molecule has 1 heterocycles. The van der Waals surface area contributed by atoms with E-state index in [4.69, 9.17) is 4.74 Å². The predicted octanol–water partition coefficient (Wildman–Crippen LogP) is 3.45. The van der Waals surface area contributed by atoms with E-state index >= 15 is 0 Å². The maximum atomic E-state index is 12.7. The van der Waals surface area contributed by atoms with E-state index in [1.165, 1.54) is 31.4 Å². The maximum absolute atomic E-state index is 12.7. The third-order valence-electron chi connectivity index (χ3n) is 3.94. The molecule has 8 heteroatoms. The van der Waals surface area contributed by atoms with Gasteiger partial charge in [-0.2, -0.15) is 0 Å². The summed E-state index contributed by atoms with van der Waals surface area (Å²) in [4.78, 5) is 16.8. The predicted molar refractivity (Wildman–Crippen MR) is 107 cm³/mol. The van der Waals surface area contributed by atoms with Crippen LogP contribution in [0.15, 0.2) is 71.8 Å². The van der Waals surface area contributed by atoms with Gasteiger partial charge in [-0.05, 0) is 55.0 Å². The summed E-state index contributed by atoms with van der Waals surface area (Å²) in [7, 11) is -2.37. The number of methoxy groups -OCH3 is 1. The smallest absolute Gasteiger partial charge is 0.261 e. The van der Waals surface area contributed by atoms with Crippen molar-refractivity contribution in [2.75, 3.05) is 17.1 Å². The number of nitrogens with one attached hydrogen (secondary N) is 2. The van der Waals surface area contributed by atoms with Crippen molar-refractivity contribution in [3.63, 3.8) is 0 Å². The number of pyridine rings is 1. The average molecular weight is 397 g/mol. The lowest BCUT2D eigenvalue weighted by molar-refractivity contribution is 0.102. The molecule has 7 nitrogen and oxygen atoms in total. The first-order valence-corrected chi connectivity index (χ1v) is 9.87. The number of aromatic nitrogens is 1. The van der Waals surface area contributed by atoms with Crippen molar-refractivity contribution in [1.29, 1.82) is 0 Å². The van der Waals surface area contributed by atoms with Crippen LogP contribution in [0.4, 0.5) is 11.5 Å². The van der Waals surface area contributed by atoms with Crippen LogP contribution in [-0.2, 0) is 10.0 Å². The molecule has 0 bridgehead atoms. The van der Waals surface area contributed by atoms with Crippen molar-refractivity contribution in [2.24, 2.45) is 0 Å². The van der Waals surface area contributed by atoms with Gasteiger partial charge in [-0.3, -0.25) is 9.52 Å². The topological polar surface area (TPSA) is 97.4 Å². The number of sulfonamides is 1. The molecule has 0 saturated heterocycles. The summed E-state index contributed by atoms with van der Waals surface area (Å²) < 4.78 is 32.9. The number of anilines is 2. The number of ether oxygens (including phenoxy) is 1. The molecule has 0 atom stereocenters. The van der Waals surface area contributed by atoms with Gasteiger partial charge < -0.3 is 10.1 Å². The number of para-hydroxylation sites is 1. The molecule has 0 spiro atoms. The molecule has 3 rings (SSSR count). The highest BCUT2D eigenvalue weighted by atomic mass is 32.2. The first-order chi connectivity index (χ1) is 13.4. The minimum atomic E-state index is -3.87. The molecule has 2 aromatic carbocycles. The molecule has 0 radical (unpaired) electrons. The molecule has 0 unspecified atom stereocenters. The molecule has 144 valence electrons. The number of rotatable bonds is 6. The number of nitrogens with zero attached hydrogens (tertiary/aromatic N) is 1. The molecule has 0 fully saturated rings. The summed E-state index contributed by atoms with van der Waals surface area (Å²) in [5, 5.41) is 2.67. The highest BCUT2D eigenvalue weighted by molar-refractivity contribution is 7.92. The van der Waals surface area contributed by atoms with Crippen molar-refractivity contribution < 1.29 is 17.9 Å². The largest absolute Gasteiger partial charge is 0.497 e. The van der Waals surface area contributed by atoms with E-state index in [-0.39, 0.29) is 16.1 Å². The lowest BCUT2D eigenvalue weighted by Gasteiger charge is -2.13. The molecule has 1 amide bonds. The van der Waals surface area contributed by atoms with E-state index in [0.717, 1.165) is 5.56 Å². The van der Waals surface area contributed by atoms with Gasteiger partial charge in [0.15, 0.2) is 0 Å². The number of hydrogen-bond acceptors (Lipinski definition) is 5. The second-order valence-electron chi connectivity index (χ2n) is 6.00.